The maximum absolute atomic E-state index is 14.1. The van der Waals surface area contributed by atoms with Gasteiger partial charge in [0.25, 0.3) is 0 Å². The largest absolute Gasteiger partial charge is 0.358 e. The number of carbonyl (C=O) groups is 1. The first kappa shape index (κ1) is 21.9. The first-order valence-corrected chi connectivity index (χ1v) is 10.2. The van der Waals surface area contributed by atoms with Crippen LogP contribution in [-0.4, -0.2) is 54.5 Å². The van der Waals surface area contributed by atoms with Crippen molar-refractivity contribution < 1.29 is 13.6 Å². The molecule has 9 heteroatoms. The molecule has 1 fully saturated rings. The van der Waals surface area contributed by atoms with Crippen molar-refractivity contribution in [3.05, 3.63) is 47.8 Å². The lowest BCUT2D eigenvalue weighted by Gasteiger charge is -2.23. The molecule has 7 nitrogen and oxygen atoms in total. The van der Waals surface area contributed by atoms with E-state index in [1.807, 2.05) is 16.8 Å². The van der Waals surface area contributed by atoms with Gasteiger partial charge in [-0.25, -0.2) is 24.2 Å². The second-order valence-corrected chi connectivity index (χ2v) is 7.45. The minimum Gasteiger partial charge on any atom is -0.358 e. The van der Waals surface area contributed by atoms with E-state index in [1.54, 1.807) is 13.1 Å². The summed E-state index contributed by atoms with van der Waals surface area (Å²) in [5.41, 5.74) is 6.15. The van der Waals surface area contributed by atoms with Crippen molar-refractivity contribution in [2.24, 2.45) is 5.92 Å². The molecule has 2 N–H and O–H groups in total. The fraction of sp³-hybridized carbons (Fsp3) is 0.476. The predicted octanol–water partition coefficient (Wildman–Crippen LogP) is 2.61. The second-order valence-electron chi connectivity index (χ2n) is 7.45. The van der Waals surface area contributed by atoms with Crippen LogP contribution in [-0.2, 0) is 11.2 Å². The SMILES string of the molecule is CNNc1nccc(F)c1CCC[C@H]1CCN(CCN(C)c2ccc(F)cn2)C1=O. The number of halogens is 2. The molecule has 0 saturated carbocycles. The van der Waals surface area contributed by atoms with Crippen LogP contribution in [0.5, 0.6) is 0 Å². The lowest BCUT2D eigenvalue weighted by Crippen LogP contribution is -2.35. The van der Waals surface area contributed by atoms with Gasteiger partial charge in [-0.15, -0.1) is 0 Å². The number of carbonyl (C=O) groups excluding carboxylic acids is 1. The van der Waals surface area contributed by atoms with E-state index in [4.69, 9.17) is 0 Å². The summed E-state index contributed by atoms with van der Waals surface area (Å²) in [6, 6.07) is 4.35. The van der Waals surface area contributed by atoms with Crippen LogP contribution in [0.2, 0.25) is 0 Å². The number of hydrogen-bond acceptors (Lipinski definition) is 6. The normalized spacial score (nSPS) is 16.2. The highest BCUT2D eigenvalue weighted by molar-refractivity contribution is 5.80. The lowest BCUT2D eigenvalue weighted by atomic mass is 9.98. The summed E-state index contributed by atoms with van der Waals surface area (Å²) in [7, 11) is 3.57. The van der Waals surface area contributed by atoms with Crippen LogP contribution in [0.3, 0.4) is 0 Å². The van der Waals surface area contributed by atoms with Gasteiger partial charge < -0.3 is 15.2 Å². The molecule has 0 radical (unpaired) electrons. The van der Waals surface area contributed by atoms with E-state index in [0.717, 1.165) is 19.4 Å². The van der Waals surface area contributed by atoms with Crippen LogP contribution in [0.25, 0.3) is 0 Å². The Kier molecular flexibility index (Phi) is 7.51. The summed E-state index contributed by atoms with van der Waals surface area (Å²) in [5, 5.41) is 0. The van der Waals surface area contributed by atoms with E-state index in [-0.39, 0.29) is 23.5 Å². The number of aromatic nitrogens is 2. The van der Waals surface area contributed by atoms with Crippen LogP contribution in [0.15, 0.2) is 30.6 Å². The fourth-order valence-corrected chi connectivity index (χ4v) is 3.73. The Labute approximate surface area is 175 Å². The van der Waals surface area contributed by atoms with E-state index in [9.17, 15) is 13.6 Å². The molecule has 0 unspecified atom stereocenters. The lowest BCUT2D eigenvalue weighted by molar-refractivity contribution is -0.131. The average molecular weight is 418 g/mol. The number of likely N-dealkylation sites (N-methyl/N-ethyl adjacent to an activating group) is 1. The van der Waals surface area contributed by atoms with Gasteiger partial charge in [-0.1, -0.05) is 0 Å². The summed E-state index contributed by atoms with van der Waals surface area (Å²) in [6.45, 7) is 1.94. The third-order valence-corrected chi connectivity index (χ3v) is 5.44. The standard InChI is InChI=1S/C21H28F2N6O/c1-24-27-20-17(18(23)8-10-25-20)5-3-4-15-9-11-29(21(15)30)13-12-28(2)19-7-6-16(22)14-26-19/h6-8,10,14-15,24H,3-5,9,11-13H2,1-2H3,(H,25,27)/t15-/m0/s1. The van der Waals surface area contributed by atoms with Crippen LogP contribution in [0, 0.1) is 17.6 Å². The van der Waals surface area contributed by atoms with Crippen molar-refractivity contribution in [1.29, 1.82) is 0 Å². The Balaban J connectivity index is 1.46. The number of nitrogens with one attached hydrogen (secondary N) is 2. The van der Waals surface area contributed by atoms with Crippen molar-refractivity contribution >= 4 is 17.5 Å². The Morgan fingerprint density at radius 1 is 1.27 bits per heavy atom. The van der Waals surface area contributed by atoms with Crippen LogP contribution < -0.4 is 15.8 Å². The number of pyridine rings is 2. The molecule has 3 rings (SSSR count). The number of rotatable bonds is 10. The van der Waals surface area contributed by atoms with Gasteiger partial charge in [0.05, 0.1) is 6.20 Å². The molecule has 1 aliphatic heterocycles. The van der Waals surface area contributed by atoms with Gasteiger partial charge in [-0.05, 0) is 43.9 Å². The van der Waals surface area contributed by atoms with E-state index in [1.165, 1.54) is 24.5 Å². The zero-order valence-corrected chi connectivity index (χ0v) is 17.4. The van der Waals surface area contributed by atoms with Crippen molar-refractivity contribution in [2.75, 3.05) is 44.1 Å². The zero-order chi connectivity index (χ0) is 21.5. The molecule has 1 amide bonds. The Morgan fingerprint density at radius 2 is 2.10 bits per heavy atom. The minimum absolute atomic E-state index is 0.0281. The van der Waals surface area contributed by atoms with Crippen molar-refractivity contribution in [3.63, 3.8) is 0 Å². The van der Waals surface area contributed by atoms with Crippen LogP contribution >= 0.6 is 0 Å². The van der Waals surface area contributed by atoms with Gasteiger partial charge in [0, 0.05) is 51.4 Å². The number of likely N-dealkylation sites (tertiary alicyclic amines) is 1. The molecule has 1 saturated heterocycles. The van der Waals surface area contributed by atoms with E-state index >= 15 is 0 Å². The summed E-state index contributed by atoms with van der Waals surface area (Å²) >= 11 is 0. The zero-order valence-electron chi connectivity index (χ0n) is 17.4. The number of anilines is 2. The maximum atomic E-state index is 14.1. The fourth-order valence-electron chi connectivity index (χ4n) is 3.73. The molecule has 0 spiro atoms. The molecular weight excluding hydrogens is 390 g/mol. The predicted molar refractivity (Wildman–Crippen MR) is 112 cm³/mol. The van der Waals surface area contributed by atoms with Gasteiger partial charge in [-0.3, -0.25) is 4.79 Å². The van der Waals surface area contributed by atoms with Gasteiger partial charge >= 0.3 is 0 Å². The highest BCUT2D eigenvalue weighted by Crippen LogP contribution is 2.25. The Bertz CT molecular complexity index is 848. The van der Waals surface area contributed by atoms with E-state index in [0.29, 0.717) is 43.1 Å². The van der Waals surface area contributed by atoms with Gasteiger partial charge in [0.2, 0.25) is 5.91 Å². The molecule has 2 aromatic heterocycles. The number of hydrazine groups is 1. The molecule has 0 aromatic carbocycles. The topological polar surface area (TPSA) is 73.4 Å². The summed E-state index contributed by atoms with van der Waals surface area (Å²) in [4.78, 5) is 24.7. The summed E-state index contributed by atoms with van der Waals surface area (Å²) < 4.78 is 27.1. The second kappa shape index (κ2) is 10.3. The van der Waals surface area contributed by atoms with Gasteiger partial charge in [0.15, 0.2) is 0 Å². The molecule has 162 valence electrons. The highest BCUT2D eigenvalue weighted by atomic mass is 19.1. The van der Waals surface area contributed by atoms with E-state index in [2.05, 4.69) is 20.8 Å². The molecule has 1 aliphatic rings. The molecule has 30 heavy (non-hydrogen) atoms. The maximum Gasteiger partial charge on any atom is 0.225 e. The summed E-state index contributed by atoms with van der Waals surface area (Å²) in [5.74, 6) is 0.609. The molecule has 0 bridgehead atoms. The Morgan fingerprint density at radius 3 is 2.83 bits per heavy atom. The van der Waals surface area contributed by atoms with E-state index < -0.39 is 0 Å². The third kappa shape index (κ3) is 5.41. The quantitative estimate of drug-likeness (QED) is 0.578. The van der Waals surface area contributed by atoms with Crippen molar-refractivity contribution in [2.45, 2.75) is 25.7 Å². The highest BCUT2D eigenvalue weighted by Gasteiger charge is 2.31. The smallest absolute Gasteiger partial charge is 0.225 e. The molecule has 2 aromatic rings. The Hall–Kier alpha value is -2.81. The first-order valence-electron chi connectivity index (χ1n) is 10.2. The molecule has 3 heterocycles. The number of hydrogen-bond donors (Lipinski definition) is 2. The van der Waals surface area contributed by atoms with Crippen molar-refractivity contribution in [3.8, 4) is 0 Å². The van der Waals surface area contributed by atoms with Gasteiger partial charge in [0.1, 0.15) is 23.3 Å². The molecule has 0 aliphatic carbocycles. The molecule has 1 atom stereocenters. The van der Waals surface area contributed by atoms with Crippen LogP contribution in [0.4, 0.5) is 20.4 Å². The number of amides is 1. The monoisotopic (exact) mass is 418 g/mol. The average Bonchev–Trinajstić information content (AvgIpc) is 3.08. The summed E-state index contributed by atoms with van der Waals surface area (Å²) in [6.07, 6.45) is 5.38. The minimum atomic E-state index is -0.371. The number of nitrogens with zero attached hydrogens (tertiary/aromatic N) is 4. The third-order valence-electron chi connectivity index (χ3n) is 5.44. The van der Waals surface area contributed by atoms with Crippen molar-refractivity contribution in [1.82, 2.24) is 20.3 Å². The molecular formula is C21H28F2N6O. The van der Waals surface area contributed by atoms with Gasteiger partial charge in [-0.2, -0.15) is 0 Å². The van der Waals surface area contributed by atoms with Crippen LogP contribution in [0.1, 0.15) is 24.8 Å². The first-order chi connectivity index (χ1) is 14.5.